The van der Waals surface area contributed by atoms with Gasteiger partial charge in [-0.05, 0) is 33.2 Å². The lowest BCUT2D eigenvalue weighted by atomic mass is 10.1. The number of hydrogen-bond donors (Lipinski definition) is 1. The Morgan fingerprint density at radius 1 is 1.53 bits per heavy atom. The Labute approximate surface area is 102 Å². The number of carbonyl (C=O) groups is 1. The highest BCUT2D eigenvalue weighted by molar-refractivity contribution is 5.36. The van der Waals surface area contributed by atoms with Crippen LogP contribution in [0.5, 0.6) is 0 Å². The van der Waals surface area contributed by atoms with E-state index in [1.54, 1.807) is 0 Å². The van der Waals surface area contributed by atoms with Crippen molar-refractivity contribution in [2.24, 2.45) is 0 Å². The number of nitrogens with one attached hydrogen (secondary N) is 1. The van der Waals surface area contributed by atoms with Crippen molar-refractivity contribution in [3.63, 3.8) is 0 Å². The minimum atomic E-state index is -0.713. The average molecular weight is 246 g/mol. The van der Waals surface area contributed by atoms with E-state index in [-0.39, 0.29) is 6.04 Å². The van der Waals surface area contributed by atoms with Gasteiger partial charge in [0.2, 0.25) is 0 Å². The van der Waals surface area contributed by atoms with Crippen LogP contribution in [0, 0.1) is 0 Å². The first kappa shape index (κ1) is 14.4. The molecule has 5 heteroatoms. The standard InChI is InChI=1S/C12H23FN2O2/c1-10(2)15(7-8-17-9-16)6-4-12-11(13)3-5-14-12/h9-12,14H,3-8H2,1-2H3. The molecule has 2 atom stereocenters. The minimum Gasteiger partial charge on any atom is -0.467 e. The summed E-state index contributed by atoms with van der Waals surface area (Å²) in [7, 11) is 0. The van der Waals surface area contributed by atoms with Gasteiger partial charge in [0.1, 0.15) is 12.8 Å². The number of hydrogen-bond acceptors (Lipinski definition) is 4. The van der Waals surface area contributed by atoms with Crippen LogP contribution in [0.2, 0.25) is 0 Å². The Kier molecular flexibility index (Phi) is 6.44. The zero-order valence-corrected chi connectivity index (χ0v) is 10.7. The Hall–Kier alpha value is -0.680. The van der Waals surface area contributed by atoms with Crippen LogP contribution in [0.4, 0.5) is 4.39 Å². The van der Waals surface area contributed by atoms with Gasteiger partial charge in [-0.2, -0.15) is 0 Å². The predicted molar refractivity (Wildman–Crippen MR) is 64.6 cm³/mol. The van der Waals surface area contributed by atoms with Crippen LogP contribution in [0.3, 0.4) is 0 Å². The van der Waals surface area contributed by atoms with Crippen LogP contribution >= 0.6 is 0 Å². The van der Waals surface area contributed by atoms with Gasteiger partial charge in [0, 0.05) is 25.2 Å². The number of alkyl halides is 1. The average Bonchev–Trinajstić information content (AvgIpc) is 2.69. The van der Waals surface area contributed by atoms with Crippen molar-refractivity contribution in [1.82, 2.24) is 10.2 Å². The van der Waals surface area contributed by atoms with Gasteiger partial charge in [-0.25, -0.2) is 4.39 Å². The van der Waals surface area contributed by atoms with E-state index >= 15 is 0 Å². The first-order valence-corrected chi connectivity index (χ1v) is 6.32. The molecule has 0 amide bonds. The summed E-state index contributed by atoms with van der Waals surface area (Å²) in [6.07, 6.45) is 0.719. The summed E-state index contributed by atoms with van der Waals surface area (Å²) in [6.45, 7) is 7.37. The smallest absolute Gasteiger partial charge is 0.293 e. The van der Waals surface area contributed by atoms with Gasteiger partial charge < -0.3 is 10.1 Å². The normalized spacial score (nSPS) is 24.5. The van der Waals surface area contributed by atoms with Crippen molar-refractivity contribution in [1.29, 1.82) is 0 Å². The zero-order chi connectivity index (χ0) is 12.7. The third-order valence-electron chi connectivity index (χ3n) is 3.29. The van der Waals surface area contributed by atoms with Crippen molar-refractivity contribution in [2.45, 2.75) is 44.9 Å². The zero-order valence-electron chi connectivity index (χ0n) is 10.7. The molecule has 2 unspecified atom stereocenters. The maximum Gasteiger partial charge on any atom is 0.293 e. The second-order valence-electron chi connectivity index (χ2n) is 4.75. The molecule has 0 aliphatic carbocycles. The Bertz CT molecular complexity index is 227. The van der Waals surface area contributed by atoms with Crippen molar-refractivity contribution in [2.75, 3.05) is 26.2 Å². The number of ether oxygens (including phenoxy) is 1. The van der Waals surface area contributed by atoms with Crippen LogP contribution in [0.25, 0.3) is 0 Å². The first-order valence-electron chi connectivity index (χ1n) is 6.32. The summed E-state index contributed by atoms with van der Waals surface area (Å²) in [4.78, 5) is 12.3. The molecular formula is C12H23FN2O2. The summed E-state index contributed by atoms with van der Waals surface area (Å²) < 4.78 is 18.1. The highest BCUT2D eigenvalue weighted by Gasteiger charge is 2.26. The molecule has 0 aromatic rings. The van der Waals surface area contributed by atoms with E-state index < -0.39 is 6.17 Å². The van der Waals surface area contributed by atoms with E-state index in [0.717, 1.165) is 19.5 Å². The fourth-order valence-corrected chi connectivity index (χ4v) is 2.17. The van der Waals surface area contributed by atoms with Crippen molar-refractivity contribution >= 4 is 6.47 Å². The van der Waals surface area contributed by atoms with E-state index in [9.17, 15) is 9.18 Å². The highest BCUT2D eigenvalue weighted by Crippen LogP contribution is 2.15. The maximum atomic E-state index is 13.4. The first-order chi connectivity index (χ1) is 8.15. The Morgan fingerprint density at radius 3 is 2.82 bits per heavy atom. The molecule has 1 aliphatic heterocycles. The predicted octanol–water partition coefficient (Wildman–Crippen LogP) is 0.960. The lowest BCUT2D eigenvalue weighted by molar-refractivity contribution is -0.129. The second-order valence-corrected chi connectivity index (χ2v) is 4.75. The van der Waals surface area contributed by atoms with Crippen LogP contribution in [-0.2, 0) is 9.53 Å². The molecule has 0 radical (unpaired) electrons. The highest BCUT2D eigenvalue weighted by atomic mass is 19.1. The largest absolute Gasteiger partial charge is 0.467 e. The summed E-state index contributed by atoms with van der Waals surface area (Å²) in [6, 6.07) is 0.368. The third kappa shape index (κ3) is 5.00. The Balaban J connectivity index is 2.25. The molecule has 0 bridgehead atoms. The molecule has 1 rings (SSSR count). The maximum absolute atomic E-state index is 13.4. The van der Waals surface area contributed by atoms with E-state index in [0.29, 0.717) is 32.1 Å². The molecular weight excluding hydrogens is 223 g/mol. The molecule has 0 aromatic heterocycles. The fraction of sp³-hybridized carbons (Fsp3) is 0.917. The molecule has 0 saturated carbocycles. The molecule has 0 spiro atoms. The Morgan fingerprint density at radius 2 is 2.29 bits per heavy atom. The van der Waals surface area contributed by atoms with E-state index in [1.807, 2.05) is 0 Å². The number of carbonyl (C=O) groups excluding carboxylic acids is 1. The summed E-state index contributed by atoms with van der Waals surface area (Å²) >= 11 is 0. The summed E-state index contributed by atoms with van der Waals surface area (Å²) in [5, 5.41) is 3.18. The van der Waals surface area contributed by atoms with Gasteiger partial charge in [-0.1, -0.05) is 0 Å². The van der Waals surface area contributed by atoms with E-state index in [1.165, 1.54) is 0 Å². The van der Waals surface area contributed by atoms with E-state index in [2.05, 4.69) is 24.1 Å². The number of rotatable bonds is 8. The van der Waals surface area contributed by atoms with Crippen molar-refractivity contribution < 1.29 is 13.9 Å². The second kappa shape index (κ2) is 7.61. The summed E-state index contributed by atoms with van der Waals surface area (Å²) in [5.74, 6) is 0. The monoisotopic (exact) mass is 246 g/mol. The molecule has 0 aromatic carbocycles. The molecule has 1 heterocycles. The van der Waals surface area contributed by atoms with Crippen LogP contribution in [0.15, 0.2) is 0 Å². The van der Waals surface area contributed by atoms with Gasteiger partial charge in [0.15, 0.2) is 0 Å². The van der Waals surface area contributed by atoms with Gasteiger partial charge in [0.05, 0.1) is 0 Å². The fourth-order valence-electron chi connectivity index (χ4n) is 2.17. The van der Waals surface area contributed by atoms with E-state index in [4.69, 9.17) is 4.74 Å². The molecule has 1 saturated heterocycles. The van der Waals surface area contributed by atoms with Crippen LogP contribution in [-0.4, -0.2) is 55.9 Å². The molecule has 1 N–H and O–H groups in total. The van der Waals surface area contributed by atoms with Gasteiger partial charge in [0.25, 0.3) is 6.47 Å². The summed E-state index contributed by atoms with van der Waals surface area (Å²) in [5.41, 5.74) is 0. The van der Waals surface area contributed by atoms with Crippen LogP contribution in [0.1, 0.15) is 26.7 Å². The SMILES string of the molecule is CC(C)N(CCOC=O)CCC1NCCC1F. The topological polar surface area (TPSA) is 41.6 Å². The molecule has 4 nitrogen and oxygen atoms in total. The van der Waals surface area contributed by atoms with Gasteiger partial charge in [-0.15, -0.1) is 0 Å². The van der Waals surface area contributed by atoms with Crippen LogP contribution < -0.4 is 5.32 Å². The molecule has 1 aliphatic rings. The number of halogens is 1. The lowest BCUT2D eigenvalue weighted by Gasteiger charge is -2.27. The molecule has 100 valence electrons. The van der Waals surface area contributed by atoms with Gasteiger partial charge >= 0.3 is 0 Å². The van der Waals surface area contributed by atoms with Crippen molar-refractivity contribution in [3.8, 4) is 0 Å². The van der Waals surface area contributed by atoms with Gasteiger partial charge in [-0.3, -0.25) is 9.69 Å². The molecule has 1 fully saturated rings. The quantitative estimate of drug-likeness (QED) is 0.511. The molecule has 17 heavy (non-hydrogen) atoms. The minimum absolute atomic E-state index is 0.0109. The third-order valence-corrected chi connectivity index (χ3v) is 3.29. The van der Waals surface area contributed by atoms with Crippen molar-refractivity contribution in [3.05, 3.63) is 0 Å². The number of nitrogens with zero attached hydrogens (tertiary/aromatic N) is 1. The lowest BCUT2D eigenvalue weighted by Crippen LogP contribution is -2.39.